The highest BCUT2D eigenvalue weighted by Crippen LogP contribution is 2.48. The average Bonchev–Trinajstić information content (AvgIpc) is 3.58. The van der Waals surface area contributed by atoms with Crippen LogP contribution in [0.15, 0.2) is 46.9 Å². The monoisotopic (exact) mass is 606 g/mol. The molecule has 1 unspecified atom stereocenters. The van der Waals surface area contributed by atoms with Gasteiger partial charge in [-0.3, -0.25) is 19.6 Å². The number of carbonyl (C=O) groups is 1. The molecule has 2 aromatic carbocycles. The summed E-state index contributed by atoms with van der Waals surface area (Å²) in [5, 5.41) is 17.4. The minimum Gasteiger partial charge on any atom is -0.457 e. The molecule has 0 aliphatic heterocycles. The molecule has 1 fully saturated rings. The van der Waals surface area contributed by atoms with Crippen molar-refractivity contribution >= 4 is 33.2 Å². The van der Waals surface area contributed by atoms with Gasteiger partial charge in [-0.15, -0.1) is 0 Å². The van der Waals surface area contributed by atoms with E-state index in [0.29, 0.717) is 18.9 Å². The number of nitro benzene ring substituents is 1. The van der Waals surface area contributed by atoms with Crippen LogP contribution in [0.2, 0.25) is 0 Å². The van der Waals surface area contributed by atoms with E-state index >= 15 is 0 Å². The number of ether oxygens (including phenoxy) is 1. The van der Waals surface area contributed by atoms with Gasteiger partial charge in [-0.1, -0.05) is 6.07 Å². The van der Waals surface area contributed by atoms with E-state index in [9.17, 15) is 41.3 Å². The van der Waals surface area contributed by atoms with Crippen LogP contribution >= 0.6 is 15.9 Å². The number of carbonyl (C=O) groups excluding carboxylic acids is 1. The Morgan fingerprint density at radius 2 is 1.82 bits per heavy atom. The van der Waals surface area contributed by atoms with Gasteiger partial charge in [-0.25, -0.2) is 0 Å². The molecule has 1 amide bonds. The molecule has 0 bridgehead atoms. The zero-order valence-electron chi connectivity index (χ0n) is 19.2. The van der Waals surface area contributed by atoms with Gasteiger partial charge in [0, 0.05) is 18.1 Å². The van der Waals surface area contributed by atoms with Crippen molar-refractivity contribution in [3.05, 3.63) is 74.0 Å². The van der Waals surface area contributed by atoms with E-state index in [0.717, 1.165) is 35.0 Å². The lowest BCUT2D eigenvalue weighted by molar-refractivity contribution is -0.384. The summed E-state index contributed by atoms with van der Waals surface area (Å²) in [5.41, 5.74) is -2.66. The van der Waals surface area contributed by atoms with Crippen molar-refractivity contribution in [1.82, 2.24) is 9.78 Å². The Kier molecular flexibility index (Phi) is 7.16. The summed E-state index contributed by atoms with van der Waals surface area (Å²) in [5.74, 6) is -1.56. The number of aromatic nitrogens is 2. The molecule has 1 heterocycles. The first-order chi connectivity index (χ1) is 17.6. The number of anilines is 1. The van der Waals surface area contributed by atoms with Crippen LogP contribution in [0.3, 0.4) is 0 Å². The Labute approximate surface area is 218 Å². The predicted octanol–water partition coefficient (Wildman–Crippen LogP) is 7.46. The van der Waals surface area contributed by atoms with Crippen molar-refractivity contribution in [2.75, 3.05) is 5.32 Å². The van der Waals surface area contributed by atoms with Gasteiger partial charge in [-0.2, -0.15) is 31.4 Å². The predicted molar refractivity (Wildman–Crippen MR) is 125 cm³/mol. The smallest absolute Gasteiger partial charge is 0.436 e. The molecule has 1 saturated carbocycles. The third-order valence-corrected chi connectivity index (χ3v) is 6.41. The summed E-state index contributed by atoms with van der Waals surface area (Å²) in [6, 6.07) is 5.64. The molecule has 1 aliphatic rings. The third kappa shape index (κ3) is 5.92. The fourth-order valence-electron chi connectivity index (χ4n) is 3.68. The van der Waals surface area contributed by atoms with Gasteiger partial charge in [0.25, 0.3) is 5.69 Å². The van der Waals surface area contributed by atoms with E-state index in [1.54, 1.807) is 0 Å². The van der Waals surface area contributed by atoms with E-state index < -0.39 is 46.2 Å². The SMILES string of the molecule is CC(C(=O)Nc1cc(Oc2cccc(C(F)(F)F)c2)cc([N+](=O)[O-])c1)n1nc(C(F)(F)F)c(Br)c1C1CC1. The molecule has 0 spiro atoms. The zero-order valence-corrected chi connectivity index (χ0v) is 20.8. The minimum absolute atomic E-state index is 0.159. The summed E-state index contributed by atoms with van der Waals surface area (Å²) < 4.78 is 85.4. The van der Waals surface area contributed by atoms with E-state index in [4.69, 9.17) is 4.74 Å². The second kappa shape index (κ2) is 9.93. The number of rotatable bonds is 7. The number of nitrogens with zero attached hydrogens (tertiary/aromatic N) is 3. The normalized spacial score (nSPS) is 14.7. The van der Waals surface area contributed by atoms with E-state index in [1.165, 1.54) is 13.0 Å². The van der Waals surface area contributed by atoms with Crippen LogP contribution in [-0.4, -0.2) is 20.6 Å². The van der Waals surface area contributed by atoms with Crippen molar-refractivity contribution in [1.29, 1.82) is 0 Å². The minimum atomic E-state index is -4.76. The van der Waals surface area contributed by atoms with Crippen molar-refractivity contribution in [2.45, 2.75) is 44.1 Å². The molecular formula is C23H17BrF6N4O4. The van der Waals surface area contributed by atoms with Gasteiger partial charge in [0.2, 0.25) is 5.91 Å². The second-order valence-corrected chi connectivity index (χ2v) is 9.32. The van der Waals surface area contributed by atoms with E-state index in [-0.39, 0.29) is 33.3 Å². The number of hydrogen-bond donors (Lipinski definition) is 1. The molecule has 202 valence electrons. The van der Waals surface area contributed by atoms with Crippen molar-refractivity contribution in [3.8, 4) is 11.5 Å². The van der Waals surface area contributed by atoms with Crippen LogP contribution < -0.4 is 10.1 Å². The number of halogens is 7. The molecule has 1 aliphatic carbocycles. The summed E-state index contributed by atoms with van der Waals surface area (Å²) in [6.07, 6.45) is -8.17. The lowest BCUT2D eigenvalue weighted by Crippen LogP contribution is -2.26. The largest absolute Gasteiger partial charge is 0.457 e. The molecule has 8 nitrogen and oxygen atoms in total. The first-order valence-corrected chi connectivity index (χ1v) is 11.7. The lowest BCUT2D eigenvalue weighted by Gasteiger charge is -2.16. The summed E-state index contributed by atoms with van der Waals surface area (Å²) in [6.45, 7) is 1.32. The average molecular weight is 607 g/mol. The van der Waals surface area contributed by atoms with Crippen LogP contribution in [0.4, 0.5) is 37.7 Å². The molecule has 38 heavy (non-hydrogen) atoms. The zero-order chi connectivity index (χ0) is 28.0. The van der Waals surface area contributed by atoms with Gasteiger partial charge >= 0.3 is 12.4 Å². The Morgan fingerprint density at radius 1 is 1.13 bits per heavy atom. The highest BCUT2D eigenvalue weighted by molar-refractivity contribution is 9.10. The molecule has 0 saturated heterocycles. The van der Waals surface area contributed by atoms with Gasteiger partial charge in [-0.05, 0) is 53.9 Å². The Morgan fingerprint density at radius 3 is 2.39 bits per heavy atom. The van der Waals surface area contributed by atoms with Crippen molar-refractivity contribution < 1.29 is 40.8 Å². The van der Waals surface area contributed by atoms with E-state index in [2.05, 4.69) is 26.3 Å². The Balaban J connectivity index is 1.62. The molecule has 1 N–H and O–H groups in total. The maximum atomic E-state index is 13.4. The molecular weight excluding hydrogens is 590 g/mol. The molecule has 1 atom stereocenters. The standard InChI is InChI=1S/C23H17BrF6N4O4/c1-11(33-19(12-5-6-12)18(24)20(32-33)23(28,29)30)21(35)31-14-8-15(34(36)37)10-17(9-14)38-16-4-2-3-13(7-16)22(25,26)27/h2-4,7-12H,5-6H2,1H3,(H,31,35). The summed E-state index contributed by atoms with van der Waals surface area (Å²) in [7, 11) is 0. The van der Waals surface area contributed by atoms with Gasteiger partial charge in [0.1, 0.15) is 17.5 Å². The molecule has 15 heteroatoms. The first-order valence-electron chi connectivity index (χ1n) is 11.0. The number of non-ortho nitro benzene ring substituents is 1. The summed E-state index contributed by atoms with van der Waals surface area (Å²) >= 11 is 2.95. The first kappa shape index (κ1) is 27.4. The molecule has 3 aromatic rings. The Bertz CT molecular complexity index is 1400. The fourth-order valence-corrected chi connectivity index (χ4v) is 4.49. The van der Waals surface area contributed by atoms with Crippen LogP contribution in [0, 0.1) is 10.1 Å². The Hall–Kier alpha value is -3.62. The second-order valence-electron chi connectivity index (χ2n) is 8.53. The maximum Gasteiger partial charge on any atom is 0.436 e. The lowest BCUT2D eigenvalue weighted by atomic mass is 10.2. The van der Waals surface area contributed by atoms with Crippen molar-refractivity contribution in [2.24, 2.45) is 0 Å². The van der Waals surface area contributed by atoms with Crippen LogP contribution in [-0.2, 0) is 17.1 Å². The van der Waals surface area contributed by atoms with Crippen LogP contribution in [0.25, 0.3) is 0 Å². The van der Waals surface area contributed by atoms with Gasteiger partial charge in [0.05, 0.1) is 32.4 Å². The van der Waals surface area contributed by atoms with E-state index in [1.807, 2.05) is 0 Å². The summed E-state index contributed by atoms with van der Waals surface area (Å²) in [4.78, 5) is 23.6. The number of alkyl halides is 6. The van der Waals surface area contributed by atoms with Crippen LogP contribution in [0.5, 0.6) is 11.5 Å². The number of hydrogen-bond acceptors (Lipinski definition) is 5. The fraction of sp³-hybridized carbons (Fsp3) is 0.304. The highest BCUT2D eigenvalue weighted by Gasteiger charge is 2.43. The topological polar surface area (TPSA) is 99.3 Å². The maximum absolute atomic E-state index is 13.4. The molecule has 0 radical (unpaired) electrons. The number of benzene rings is 2. The number of amides is 1. The highest BCUT2D eigenvalue weighted by atomic mass is 79.9. The van der Waals surface area contributed by atoms with Crippen LogP contribution in [0.1, 0.15) is 48.7 Å². The quantitative estimate of drug-likeness (QED) is 0.171. The molecule has 1 aromatic heterocycles. The number of nitro groups is 1. The number of nitrogens with one attached hydrogen (secondary N) is 1. The van der Waals surface area contributed by atoms with Crippen molar-refractivity contribution in [3.63, 3.8) is 0 Å². The molecule has 4 rings (SSSR count). The van der Waals surface area contributed by atoms with Gasteiger partial charge < -0.3 is 10.1 Å². The van der Waals surface area contributed by atoms with Gasteiger partial charge in [0.15, 0.2) is 5.69 Å². The third-order valence-electron chi connectivity index (χ3n) is 5.63.